The minimum absolute atomic E-state index is 0.0733. The molecule has 0 saturated carbocycles. The SMILES string of the molecule is CCC(O)COc1cc(C(C)(C)C)c(OCC(O)COC(=O)CCC(=O)OC)cc1C(C)(C)C. The third kappa shape index (κ3) is 9.89. The van der Waals surface area contributed by atoms with E-state index < -0.39 is 24.1 Å². The van der Waals surface area contributed by atoms with Crippen LogP contribution in [-0.4, -0.2) is 61.3 Å². The van der Waals surface area contributed by atoms with Crippen molar-refractivity contribution in [3.63, 3.8) is 0 Å². The maximum Gasteiger partial charge on any atom is 0.306 e. The third-order valence-electron chi connectivity index (χ3n) is 5.23. The second-order valence-electron chi connectivity index (χ2n) is 10.4. The van der Waals surface area contributed by atoms with Gasteiger partial charge in [-0.05, 0) is 29.4 Å². The number of rotatable bonds is 12. The summed E-state index contributed by atoms with van der Waals surface area (Å²) in [7, 11) is 1.25. The van der Waals surface area contributed by atoms with Gasteiger partial charge in [-0.15, -0.1) is 0 Å². The second kappa shape index (κ2) is 13.0. The van der Waals surface area contributed by atoms with Crippen molar-refractivity contribution < 1.29 is 38.7 Å². The molecule has 2 N–H and O–H groups in total. The van der Waals surface area contributed by atoms with E-state index in [2.05, 4.69) is 46.3 Å². The maximum atomic E-state index is 11.7. The summed E-state index contributed by atoms with van der Waals surface area (Å²) < 4.78 is 21.5. The van der Waals surface area contributed by atoms with Crippen molar-refractivity contribution in [3.05, 3.63) is 23.3 Å². The van der Waals surface area contributed by atoms with Gasteiger partial charge in [0, 0.05) is 11.1 Å². The lowest BCUT2D eigenvalue weighted by molar-refractivity contribution is -0.151. The Kier molecular flexibility index (Phi) is 11.3. The number of benzene rings is 1. The summed E-state index contributed by atoms with van der Waals surface area (Å²) in [5, 5.41) is 20.3. The highest BCUT2D eigenvalue weighted by molar-refractivity contribution is 5.77. The van der Waals surface area contributed by atoms with Gasteiger partial charge in [0.15, 0.2) is 0 Å². The monoisotopic (exact) mass is 482 g/mol. The van der Waals surface area contributed by atoms with Gasteiger partial charge in [0.05, 0.1) is 26.1 Å². The van der Waals surface area contributed by atoms with Crippen LogP contribution in [0.15, 0.2) is 12.1 Å². The highest BCUT2D eigenvalue weighted by Gasteiger charge is 2.27. The van der Waals surface area contributed by atoms with Gasteiger partial charge in [0.2, 0.25) is 0 Å². The van der Waals surface area contributed by atoms with Gasteiger partial charge in [-0.1, -0.05) is 48.5 Å². The largest absolute Gasteiger partial charge is 0.491 e. The van der Waals surface area contributed by atoms with E-state index in [1.54, 1.807) is 0 Å². The molecule has 0 aliphatic rings. The zero-order valence-electron chi connectivity index (χ0n) is 21.9. The molecule has 8 heteroatoms. The predicted molar refractivity (Wildman–Crippen MR) is 129 cm³/mol. The standard InChI is InChI=1S/C26H42O8/c1-9-17(27)14-32-21-12-20(26(5,6)7)22(13-19(21)25(2,3)4)33-15-18(28)16-34-24(30)11-10-23(29)31-8/h12-13,17-18,27-28H,9-11,14-16H2,1-8H3. The van der Waals surface area contributed by atoms with Crippen LogP contribution in [-0.2, 0) is 29.9 Å². The molecular weight excluding hydrogens is 440 g/mol. The average molecular weight is 483 g/mol. The molecule has 0 radical (unpaired) electrons. The van der Waals surface area contributed by atoms with Crippen molar-refractivity contribution in [1.29, 1.82) is 0 Å². The fourth-order valence-corrected chi connectivity index (χ4v) is 3.08. The Morgan fingerprint density at radius 1 is 0.794 bits per heavy atom. The Morgan fingerprint density at radius 3 is 1.65 bits per heavy atom. The first-order chi connectivity index (χ1) is 15.7. The lowest BCUT2D eigenvalue weighted by Crippen LogP contribution is -2.27. The normalized spacial score (nSPS) is 13.7. The Morgan fingerprint density at radius 2 is 1.24 bits per heavy atom. The van der Waals surface area contributed by atoms with Gasteiger partial charge in [-0.2, -0.15) is 0 Å². The topological polar surface area (TPSA) is 112 Å². The number of carbonyl (C=O) groups is 2. The number of methoxy groups -OCH3 is 1. The number of esters is 2. The Bertz CT molecular complexity index is 804. The van der Waals surface area contributed by atoms with Crippen LogP contribution in [0.3, 0.4) is 0 Å². The van der Waals surface area contributed by atoms with E-state index in [9.17, 15) is 19.8 Å². The van der Waals surface area contributed by atoms with Crippen molar-refractivity contribution in [1.82, 2.24) is 0 Å². The minimum atomic E-state index is -1.04. The van der Waals surface area contributed by atoms with E-state index in [0.717, 1.165) is 11.1 Å². The van der Waals surface area contributed by atoms with Crippen LogP contribution >= 0.6 is 0 Å². The van der Waals surface area contributed by atoms with Crippen LogP contribution in [0.25, 0.3) is 0 Å². The van der Waals surface area contributed by atoms with Crippen molar-refractivity contribution in [2.75, 3.05) is 26.9 Å². The molecule has 0 saturated heterocycles. The van der Waals surface area contributed by atoms with Crippen LogP contribution in [0.5, 0.6) is 11.5 Å². The van der Waals surface area contributed by atoms with Gasteiger partial charge < -0.3 is 29.2 Å². The smallest absolute Gasteiger partial charge is 0.306 e. The van der Waals surface area contributed by atoms with E-state index in [-0.39, 0.29) is 43.5 Å². The zero-order valence-corrected chi connectivity index (χ0v) is 21.9. The fraction of sp³-hybridized carbons (Fsp3) is 0.692. The Labute approximate surface area is 203 Å². The zero-order chi connectivity index (χ0) is 26.1. The Hall–Kier alpha value is -2.32. The van der Waals surface area contributed by atoms with Gasteiger partial charge in [0.1, 0.15) is 37.4 Å². The molecule has 8 nitrogen and oxygen atoms in total. The molecule has 2 unspecified atom stereocenters. The summed E-state index contributed by atoms with van der Waals surface area (Å²) in [6, 6.07) is 3.86. The maximum absolute atomic E-state index is 11.7. The number of aliphatic hydroxyl groups is 2. The molecule has 0 aliphatic carbocycles. The molecule has 34 heavy (non-hydrogen) atoms. The summed E-state index contributed by atoms with van der Waals surface area (Å²) in [6.45, 7) is 14.1. The number of ether oxygens (including phenoxy) is 4. The lowest BCUT2D eigenvalue weighted by atomic mass is 9.81. The van der Waals surface area contributed by atoms with E-state index in [0.29, 0.717) is 17.9 Å². The molecule has 0 aliphatic heterocycles. The van der Waals surface area contributed by atoms with Crippen LogP contribution in [0.4, 0.5) is 0 Å². The molecule has 1 aromatic carbocycles. The van der Waals surface area contributed by atoms with Crippen molar-refractivity contribution in [2.45, 2.75) is 90.8 Å². The summed E-state index contributed by atoms with van der Waals surface area (Å²) in [4.78, 5) is 22.9. The number of carbonyl (C=O) groups excluding carboxylic acids is 2. The summed E-state index contributed by atoms with van der Waals surface area (Å²) >= 11 is 0. The van der Waals surface area contributed by atoms with E-state index >= 15 is 0 Å². The number of hydrogen-bond donors (Lipinski definition) is 2. The molecule has 2 atom stereocenters. The molecule has 1 rings (SSSR count). The van der Waals surface area contributed by atoms with E-state index in [1.807, 2.05) is 19.1 Å². The fourth-order valence-electron chi connectivity index (χ4n) is 3.08. The van der Waals surface area contributed by atoms with Gasteiger partial charge in [-0.25, -0.2) is 0 Å². The summed E-state index contributed by atoms with van der Waals surface area (Å²) in [5.41, 5.74) is 1.28. The molecule has 0 amide bonds. The minimum Gasteiger partial charge on any atom is -0.491 e. The van der Waals surface area contributed by atoms with Gasteiger partial charge in [-0.3, -0.25) is 9.59 Å². The molecule has 0 spiro atoms. The first kappa shape index (κ1) is 29.7. The van der Waals surface area contributed by atoms with E-state index in [1.165, 1.54) is 7.11 Å². The van der Waals surface area contributed by atoms with Gasteiger partial charge >= 0.3 is 11.9 Å². The second-order valence-corrected chi connectivity index (χ2v) is 10.4. The highest BCUT2D eigenvalue weighted by Crippen LogP contribution is 2.41. The summed E-state index contributed by atoms with van der Waals surface area (Å²) in [5.74, 6) is 0.210. The van der Waals surface area contributed by atoms with Crippen LogP contribution < -0.4 is 9.47 Å². The average Bonchev–Trinajstić information content (AvgIpc) is 2.76. The molecular formula is C26H42O8. The number of hydrogen-bond acceptors (Lipinski definition) is 8. The van der Waals surface area contributed by atoms with Crippen molar-refractivity contribution in [2.24, 2.45) is 0 Å². The van der Waals surface area contributed by atoms with Crippen LogP contribution in [0.1, 0.15) is 78.9 Å². The first-order valence-corrected chi connectivity index (χ1v) is 11.7. The molecule has 194 valence electrons. The molecule has 0 fully saturated rings. The third-order valence-corrected chi connectivity index (χ3v) is 5.23. The van der Waals surface area contributed by atoms with Crippen molar-refractivity contribution in [3.8, 4) is 11.5 Å². The molecule has 0 heterocycles. The lowest BCUT2D eigenvalue weighted by Gasteiger charge is -2.29. The van der Waals surface area contributed by atoms with Gasteiger partial charge in [0.25, 0.3) is 0 Å². The molecule has 0 bridgehead atoms. The predicted octanol–water partition coefficient (Wildman–Crippen LogP) is 3.67. The first-order valence-electron chi connectivity index (χ1n) is 11.7. The summed E-state index contributed by atoms with van der Waals surface area (Å²) in [6.07, 6.45) is -1.17. The molecule has 1 aromatic rings. The van der Waals surface area contributed by atoms with E-state index in [4.69, 9.17) is 14.2 Å². The van der Waals surface area contributed by atoms with Crippen LogP contribution in [0.2, 0.25) is 0 Å². The number of aliphatic hydroxyl groups excluding tert-OH is 2. The quantitative estimate of drug-likeness (QED) is 0.434. The highest BCUT2D eigenvalue weighted by atomic mass is 16.6. The van der Waals surface area contributed by atoms with Crippen LogP contribution in [0, 0.1) is 0 Å². The molecule has 0 aromatic heterocycles. The van der Waals surface area contributed by atoms with Crippen molar-refractivity contribution >= 4 is 11.9 Å². The Balaban J connectivity index is 2.99.